The van der Waals surface area contributed by atoms with E-state index in [1.807, 2.05) is 13.8 Å². The summed E-state index contributed by atoms with van der Waals surface area (Å²) < 4.78 is 0. The first-order valence-corrected chi connectivity index (χ1v) is 3.06. The summed E-state index contributed by atoms with van der Waals surface area (Å²) in [5.74, 6) is 0. The Hall–Kier alpha value is -0.440. The molecule has 0 saturated heterocycles. The van der Waals surface area contributed by atoms with E-state index in [1.165, 1.54) is 0 Å². The zero-order valence-electron chi connectivity index (χ0n) is 6.42. The third-order valence-corrected chi connectivity index (χ3v) is 0.533. The Bertz CT molecular complexity index is 102. The van der Waals surface area contributed by atoms with Crippen molar-refractivity contribution in [3.63, 3.8) is 0 Å². The Morgan fingerprint density at radius 3 is 1.89 bits per heavy atom. The minimum absolute atomic E-state index is 0.163. The van der Waals surface area contributed by atoms with Crippen LogP contribution in [0.3, 0.4) is 0 Å². The van der Waals surface area contributed by atoms with Gasteiger partial charge in [0.1, 0.15) is 0 Å². The first-order chi connectivity index (χ1) is 3.92. The van der Waals surface area contributed by atoms with Gasteiger partial charge in [-0.1, -0.05) is 0 Å². The SMILES string of the molecule is CC(C)N=NC(C)(C)O. The van der Waals surface area contributed by atoms with Gasteiger partial charge in [-0.25, -0.2) is 0 Å². The van der Waals surface area contributed by atoms with E-state index in [4.69, 9.17) is 5.11 Å². The van der Waals surface area contributed by atoms with Gasteiger partial charge in [0.2, 0.25) is 0 Å². The smallest absolute Gasteiger partial charge is 0.170 e. The highest BCUT2D eigenvalue weighted by atomic mass is 16.3. The van der Waals surface area contributed by atoms with E-state index < -0.39 is 5.72 Å². The summed E-state index contributed by atoms with van der Waals surface area (Å²) in [6, 6.07) is 0.163. The molecule has 1 N–H and O–H groups in total. The van der Waals surface area contributed by atoms with Crippen molar-refractivity contribution in [1.29, 1.82) is 0 Å². The average Bonchev–Trinajstić information content (AvgIpc) is 1.59. The zero-order chi connectivity index (χ0) is 7.49. The lowest BCUT2D eigenvalue weighted by atomic mass is 10.3. The van der Waals surface area contributed by atoms with Gasteiger partial charge in [-0.3, -0.25) is 0 Å². The van der Waals surface area contributed by atoms with Crippen LogP contribution in [-0.4, -0.2) is 16.9 Å². The van der Waals surface area contributed by atoms with Gasteiger partial charge in [-0.15, -0.1) is 0 Å². The lowest BCUT2D eigenvalue weighted by Crippen LogP contribution is -2.13. The van der Waals surface area contributed by atoms with Crippen LogP contribution in [0.1, 0.15) is 27.7 Å². The van der Waals surface area contributed by atoms with Crippen LogP contribution in [-0.2, 0) is 0 Å². The van der Waals surface area contributed by atoms with Crippen molar-refractivity contribution in [3.8, 4) is 0 Å². The maximum atomic E-state index is 9.01. The second kappa shape index (κ2) is 2.92. The lowest BCUT2D eigenvalue weighted by Gasteiger charge is -2.08. The van der Waals surface area contributed by atoms with Gasteiger partial charge >= 0.3 is 0 Å². The van der Waals surface area contributed by atoms with Gasteiger partial charge in [0.05, 0.1) is 6.04 Å². The van der Waals surface area contributed by atoms with Crippen molar-refractivity contribution in [2.24, 2.45) is 10.2 Å². The largest absolute Gasteiger partial charge is 0.368 e. The Labute approximate surface area is 55.8 Å². The summed E-state index contributed by atoms with van der Waals surface area (Å²) >= 11 is 0. The minimum Gasteiger partial charge on any atom is -0.368 e. The average molecular weight is 130 g/mol. The molecule has 0 aliphatic carbocycles. The normalized spacial score (nSPS) is 13.6. The minimum atomic E-state index is -1.01. The highest BCUT2D eigenvalue weighted by Gasteiger charge is 2.08. The molecule has 0 aliphatic heterocycles. The molecule has 0 fully saturated rings. The Morgan fingerprint density at radius 1 is 1.33 bits per heavy atom. The number of hydrogen-bond acceptors (Lipinski definition) is 3. The fraction of sp³-hybridized carbons (Fsp3) is 1.00. The standard InChI is InChI=1S/C6H14N2O/c1-5(2)7-8-6(3,4)9/h5,9H,1-4H3. The predicted octanol–water partition coefficient (Wildman–Crippen LogP) is 1.58. The van der Waals surface area contributed by atoms with E-state index in [2.05, 4.69) is 10.2 Å². The molecule has 0 spiro atoms. The van der Waals surface area contributed by atoms with Crippen molar-refractivity contribution in [1.82, 2.24) is 0 Å². The molecule has 0 amide bonds. The third-order valence-electron chi connectivity index (χ3n) is 0.533. The number of azo groups is 1. The number of nitrogens with zero attached hydrogens (tertiary/aromatic N) is 2. The summed E-state index contributed by atoms with van der Waals surface area (Å²) in [5, 5.41) is 16.4. The topological polar surface area (TPSA) is 45.0 Å². The van der Waals surface area contributed by atoms with E-state index in [9.17, 15) is 0 Å². The van der Waals surface area contributed by atoms with Gasteiger partial charge < -0.3 is 5.11 Å². The Kier molecular flexibility index (Phi) is 2.77. The van der Waals surface area contributed by atoms with Crippen LogP contribution in [0.5, 0.6) is 0 Å². The summed E-state index contributed by atoms with van der Waals surface area (Å²) in [5.41, 5.74) is -1.01. The maximum absolute atomic E-state index is 9.01. The third kappa shape index (κ3) is 7.56. The monoisotopic (exact) mass is 130 g/mol. The molecule has 0 atom stereocenters. The number of rotatable bonds is 2. The first kappa shape index (κ1) is 8.56. The van der Waals surface area contributed by atoms with E-state index in [-0.39, 0.29) is 6.04 Å². The van der Waals surface area contributed by atoms with Crippen LogP contribution in [0.15, 0.2) is 10.2 Å². The van der Waals surface area contributed by atoms with E-state index in [1.54, 1.807) is 13.8 Å². The molecule has 0 radical (unpaired) electrons. The number of aliphatic hydroxyl groups is 1. The fourth-order valence-electron chi connectivity index (χ4n) is 0.257. The molecule has 3 heteroatoms. The van der Waals surface area contributed by atoms with Crippen LogP contribution in [0.25, 0.3) is 0 Å². The van der Waals surface area contributed by atoms with Gasteiger partial charge in [-0.05, 0) is 27.7 Å². The van der Waals surface area contributed by atoms with Gasteiger partial charge in [0.15, 0.2) is 5.72 Å². The Balaban J connectivity index is 3.71. The van der Waals surface area contributed by atoms with Crippen LogP contribution < -0.4 is 0 Å². The van der Waals surface area contributed by atoms with Crippen LogP contribution >= 0.6 is 0 Å². The van der Waals surface area contributed by atoms with Crippen molar-refractivity contribution in [2.45, 2.75) is 39.5 Å². The van der Waals surface area contributed by atoms with Crippen LogP contribution in [0.4, 0.5) is 0 Å². The predicted molar refractivity (Wildman–Crippen MR) is 36.3 cm³/mol. The quantitative estimate of drug-likeness (QED) is 0.566. The molecule has 3 nitrogen and oxygen atoms in total. The summed E-state index contributed by atoms with van der Waals surface area (Å²) in [7, 11) is 0. The highest BCUT2D eigenvalue weighted by molar-refractivity contribution is 4.58. The van der Waals surface area contributed by atoms with Crippen LogP contribution in [0.2, 0.25) is 0 Å². The highest BCUT2D eigenvalue weighted by Crippen LogP contribution is 2.03. The van der Waals surface area contributed by atoms with E-state index in [0.717, 1.165) is 0 Å². The summed E-state index contributed by atoms with van der Waals surface area (Å²) in [6.45, 7) is 7.02. The molecule has 0 saturated carbocycles. The van der Waals surface area contributed by atoms with E-state index >= 15 is 0 Å². The molecule has 0 rings (SSSR count). The lowest BCUT2D eigenvalue weighted by molar-refractivity contribution is 0.0807. The second-order valence-corrected chi connectivity index (χ2v) is 2.80. The van der Waals surface area contributed by atoms with Crippen molar-refractivity contribution < 1.29 is 5.11 Å². The number of hydrogen-bond donors (Lipinski definition) is 1. The molecule has 9 heavy (non-hydrogen) atoms. The zero-order valence-corrected chi connectivity index (χ0v) is 6.42. The summed E-state index contributed by atoms with van der Waals surface area (Å²) in [4.78, 5) is 0. The van der Waals surface area contributed by atoms with Crippen molar-refractivity contribution in [2.75, 3.05) is 0 Å². The molecule has 0 aromatic carbocycles. The molecule has 0 heterocycles. The van der Waals surface area contributed by atoms with Crippen molar-refractivity contribution >= 4 is 0 Å². The van der Waals surface area contributed by atoms with Crippen LogP contribution in [0, 0.1) is 0 Å². The molecule has 0 aliphatic rings. The molecular formula is C6H14N2O. The first-order valence-electron chi connectivity index (χ1n) is 3.06. The molecule has 0 aromatic rings. The van der Waals surface area contributed by atoms with Gasteiger partial charge in [0, 0.05) is 0 Å². The van der Waals surface area contributed by atoms with E-state index in [0.29, 0.717) is 0 Å². The molecule has 0 aromatic heterocycles. The van der Waals surface area contributed by atoms with Gasteiger partial charge in [0.25, 0.3) is 0 Å². The molecule has 54 valence electrons. The van der Waals surface area contributed by atoms with Gasteiger partial charge in [-0.2, -0.15) is 10.2 Å². The summed E-state index contributed by atoms with van der Waals surface area (Å²) in [6.07, 6.45) is 0. The second-order valence-electron chi connectivity index (χ2n) is 2.80. The molecule has 0 unspecified atom stereocenters. The maximum Gasteiger partial charge on any atom is 0.170 e. The molecular weight excluding hydrogens is 116 g/mol. The Morgan fingerprint density at radius 2 is 1.78 bits per heavy atom. The fourth-order valence-corrected chi connectivity index (χ4v) is 0.257. The van der Waals surface area contributed by atoms with Crippen molar-refractivity contribution in [3.05, 3.63) is 0 Å². The molecule has 0 bridgehead atoms.